The molecule has 0 unspecified atom stereocenters. The summed E-state index contributed by atoms with van der Waals surface area (Å²) in [4.78, 5) is 4.30. The van der Waals surface area contributed by atoms with Crippen LogP contribution in [0, 0.1) is 6.92 Å². The predicted molar refractivity (Wildman–Crippen MR) is 47.3 cm³/mol. The number of aromatic nitrogens is 3. The van der Waals surface area contributed by atoms with Crippen LogP contribution in [-0.2, 0) is 0 Å². The summed E-state index contributed by atoms with van der Waals surface area (Å²) in [5, 5.41) is 7.18. The van der Waals surface area contributed by atoms with E-state index in [0.29, 0.717) is 0 Å². The summed E-state index contributed by atoms with van der Waals surface area (Å²) in [6, 6.07) is 3.84. The third-order valence-electron chi connectivity index (χ3n) is 1.74. The van der Waals surface area contributed by atoms with Gasteiger partial charge in [0.15, 0.2) is 5.65 Å². The highest BCUT2D eigenvalue weighted by Crippen LogP contribution is 2.10. The van der Waals surface area contributed by atoms with Crippen molar-refractivity contribution in [2.45, 2.75) is 6.92 Å². The highest BCUT2D eigenvalue weighted by Gasteiger charge is 2.00. The van der Waals surface area contributed by atoms with Crippen molar-refractivity contribution < 1.29 is 0 Å². The lowest BCUT2D eigenvalue weighted by atomic mass is 10.4. The van der Waals surface area contributed by atoms with E-state index >= 15 is 0 Å². The van der Waals surface area contributed by atoms with Crippen molar-refractivity contribution in [2.75, 3.05) is 12.4 Å². The second kappa shape index (κ2) is 2.48. The van der Waals surface area contributed by atoms with E-state index in [9.17, 15) is 0 Å². The Labute approximate surface area is 70.2 Å². The standard InChI is InChI=1S/C8H10N4/c1-6-5-8(9-2)12-7(11-6)3-4-10-12/h3-5,9H,1-2H3. The minimum Gasteiger partial charge on any atom is -0.373 e. The van der Waals surface area contributed by atoms with Crippen molar-refractivity contribution in [1.29, 1.82) is 0 Å². The van der Waals surface area contributed by atoms with Crippen molar-refractivity contribution >= 4 is 11.5 Å². The SMILES string of the molecule is CNc1cc(C)nc2ccnn12. The van der Waals surface area contributed by atoms with Crippen LogP contribution in [0.2, 0.25) is 0 Å². The lowest BCUT2D eigenvalue weighted by molar-refractivity contribution is 0.934. The molecule has 0 spiro atoms. The molecule has 0 aliphatic heterocycles. The largest absolute Gasteiger partial charge is 0.373 e. The van der Waals surface area contributed by atoms with Gasteiger partial charge in [0.25, 0.3) is 0 Å². The fourth-order valence-electron chi connectivity index (χ4n) is 1.22. The van der Waals surface area contributed by atoms with Crippen LogP contribution in [-0.4, -0.2) is 21.6 Å². The maximum absolute atomic E-state index is 4.30. The third-order valence-corrected chi connectivity index (χ3v) is 1.74. The van der Waals surface area contributed by atoms with Gasteiger partial charge in [-0.05, 0) is 6.92 Å². The monoisotopic (exact) mass is 162 g/mol. The number of anilines is 1. The number of nitrogens with one attached hydrogen (secondary N) is 1. The Kier molecular flexibility index (Phi) is 1.46. The van der Waals surface area contributed by atoms with Crippen molar-refractivity contribution in [3.8, 4) is 0 Å². The number of aryl methyl sites for hydroxylation is 1. The van der Waals surface area contributed by atoms with Crippen LogP contribution in [0.3, 0.4) is 0 Å². The molecular weight excluding hydrogens is 152 g/mol. The average molecular weight is 162 g/mol. The maximum atomic E-state index is 4.30. The topological polar surface area (TPSA) is 42.2 Å². The van der Waals surface area contributed by atoms with E-state index in [0.717, 1.165) is 17.2 Å². The average Bonchev–Trinajstić information content (AvgIpc) is 2.50. The lowest BCUT2D eigenvalue weighted by Crippen LogP contribution is -2.01. The molecule has 0 bridgehead atoms. The first kappa shape index (κ1) is 7.09. The lowest BCUT2D eigenvalue weighted by Gasteiger charge is -2.03. The normalized spacial score (nSPS) is 10.5. The molecule has 0 saturated heterocycles. The van der Waals surface area contributed by atoms with Crippen LogP contribution in [0.15, 0.2) is 18.3 Å². The second-order valence-electron chi connectivity index (χ2n) is 2.63. The van der Waals surface area contributed by atoms with E-state index in [-0.39, 0.29) is 0 Å². The number of hydrogen-bond acceptors (Lipinski definition) is 3. The van der Waals surface area contributed by atoms with E-state index in [4.69, 9.17) is 0 Å². The molecule has 0 amide bonds. The molecule has 0 aromatic carbocycles. The number of nitrogens with zero attached hydrogens (tertiary/aromatic N) is 3. The molecule has 4 heteroatoms. The molecule has 12 heavy (non-hydrogen) atoms. The predicted octanol–water partition coefficient (Wildman–Crippen LogP) is 1.08. The molecule has 2 aromatic heterocycles. The molecular formula is C8H10N4. The molecule has 1 N–H and O–H groups in total. The Morgan fingerprint density at radius 3 is 3.08 bits per heavy atom. The number of rotatable bonds is 1. The first-order chi connectivity index (χ1) is 5.81. The fraction of sp³-hybridized carbons (Fsp3) is 0.250. The van der Waals surface area contributed by atoms with Crippen LogP contribution in [0.4, 0.5) is 5.82 Å². The molecule has 0 aliphatic rings. The Hall–Kier alpha value is -1.58. The number of fused-ring (bicyclic) bond motifs is 1. The van der Waals surface area contributed by atoms with Crippen LogP contribution in [0.5, 0.6) is 0 Å². The Morgan fingerprint density at radius 2 is 2.33 bits per heavy atom. The van der Waals surface area contributed by atoms with E-state index in [1.54, 1.807) is 10.7 Å². The molecule has 0 saturated carbocycles. The zero-order valence-electron chi connectivity index (χ0n) is 7.07. The summed E-state index contributed by atoms with van der Waals surface area (Å²) in [5.41, 5.74) is 1.87. The van der Waals surface area contributed by atoms with Gasteiger partial charge in [0.05, 0.1) is 6.20 Å². The van der Waals surface area contributed by atoms with Crippen molar-refractivity contribution in [3.63, 3.8) is 0 Å². The summed E-state index contributed by atoms with van der Waals surface area (Å²) in [6.45, 7) is 1.97. The third kappa shape index (κ3) is 0.922. The van der Waals surface area contributed by atoms with Gasteiger partial charge in [-0.1, -0.05) is 0 Å². The van der Waals surface area contributed by atoms with Crippen molar-refractivity contribution in [1.82, 2.24) is 14.6 Å². The van der Waals surface area contributed by atoms with Gasteiger partial charge < -0.3 is 5.32 Å². The van der Waals surface area contributed by atoms with E-state index in [1.807, 2.05) is 26.1 Å². The van der Waals surface area contributed by atoms with E-state index in [1.165, 1.54) is 0 Å². The Bertz CT molecular complexity index is 404. The molecule has 2 heterocycles. The summed E-state index contributed by atoms with van der Waals surface area (Å²) in [5.74, 6) is 0.961. The summed E-state index contributed by atoms with van der Waals surface area (Å²) in [6.07, 6.45) is 1.74. The van der Waals surface area contributed by atoms with Gasteiger partial charge in [-0.2, -0.15) is 9.61 Å². The van der Waals surface area contributed by atoms with Gasteiger partial charge in [-0.15, -0.1) is 0 Å². The summed E-state index contributed by atoms with van der Waals surface area (Å²) >= 11 is 0. The van der Waals surface area contributed by atoms with E-state index < -0.39 is 0 Å². The molecule has 0 aliphatic carbocycles. The van der Waals surface area contributed by atoms with Crippen molar-refractivity contribution in [3.05, 3.63) is 24.0 Å². The van der Waals surface area contributed by atoms with Crippen molar-refractivity contribution in [2.24, 2.45) is 0 Å². The molecule has 4 nitrogen and oxygen atoms in total. The second-order valence-corrected chi connectivity index (χ2v) is 2.63. The van der Waals surface area contributed by atoms with E-state index in [2.05, 4.69) is 15.4 Å². The van der Waals surface area contributed by atoms with Crippen LogP contribution >= 0.6 is 0 Å². The summed E-state index contributed by atoms with van der Waals surface area (Å²) in [7, 11) is 1.87. The highest BCUT2D eigenvalue weighted by molar-refractivity contribution is 5.48. The van der Waals surface area contributed by atoms with Crippen LogP contribution in [0.25, 0.3) is 5.65 Å². The smallest absolute Gasteiger partial charge is 0.157 e. The molecule has 62 valence electrons. The molecule has 2 aromatic rings. The molecule has 0 fully saturated rings. The summed E-state index contributed by atoms with van der Waals surface area (Å²) < 4.78 is 1.77. The Balaban J connectivity index is 2.80. The van der Waals surface area contributed by atoms with Gasteiger partial charge in [-0.3, -0.25) is 0 Å². The van der Waals surface area contributed by atoms with Gasteiger partial charge in [0.1, 0.15) is 5.82 Å². The minimum absolute atomic E-state index is 0.874. The zero-order chi connectivity index (χ0) is 8.55. The van der Waals surface area contributed by atoms with Crippen LogP contribution < -0.4 is 5.32 Å². The van der Waals surface area contributed by atoms with Gasteiger partial charge in [-0.25, -0.2) is 4.98 Å². The van der Waals surface area contributed by atoms with Gasteiger partial charge in [0, 0.05) is 24.9 Å². The molecule has 0 atom stereocenters. The minimum atomic E-state index is 0.874. The Morgan fingerprint density at radius 1 is 1.50 bits per heavy atom. The van der Waals surface area contributed by atoms with Crippen LogP contribution in [0.1, 0.15) is 5.69 Å². The molecule has 0 radical (unpaired) electrons. The zero-order valence-corrected chi connectivity index (χ0v) is 7.07. The molecule has 2 rings (SSSR count). The maximum Gasteiger partial charge on any atom is 0.157 e. The number of hydrogen-bond donors (Lipinski definition) is 1. The highest BCUT2D eigenvalue weighted by atomic mass is 15.3. The first-order valence-corrected chi connectivity index (χ1v) is 3.80. The quantitative estimate of drug-likeness (QED) is 0.682. The van der Waals surface area contributed by atoms with Gasteiger partial charge >= 0.3 is 0 Å². The fourth-order valence-corrected chi connectivity index (χ4v) is 1.22. The first-order valence-electron chi connectivity index (χ1n) is 3.80. The van der Waals surface area contributed by atoms with Gasteiger partial charge in [0.2, 0.25) is 0 Å².